The van der Waals surface area contributed by atoms with E-state index < -0.39 is 0 Å². The van der Waals surface area contributed by atoms with Gasteiger partial charge in [0, 0.05) is 5.56 Å². The van der Waals surface area contributed by atoms with Gasteiger partial charge in [0.25, 0.3) is 0 Å². The molecule has 0 saturated carbocycles. The van der Waals surface area contributed by atoms with Crippen LogP contribution < -0.4 is 9.47 Å². The fourth-order valence-corrected chi connectivity index (χ4v) is 3.68. The van der Waals surface area contributed by atoms with Gasteiger partial charge in [-0.15, -0.1) is 0 Å². The predicted octanol–water partition coefficient (Wildman–Crippen LogP) is 4.32. The van der Waals surface area contributed by atoms with Crippen molar-refractivity contribution >= 4 is 22.0 Å². The summed E-state index contributed by atoms with van der Waals surface area (Å²) >= 11 is 3.34. The second-order valence-electron chi connectivity index (χ2n) is 5.32. The van der Waals surface area contributed by atoms with Gasteiger partial charge in [-0.25, -0.2) is 0 Å². The van der Waals surface area contributed by atoms with Crippen LogP contribution in [0.2, 0.25) is 0 Å². The van der Waals surface area contributed by atoms with E-state index in [4.69, 9.17) is 9.47 Å². The Morgan fingerprint density at radius 3 is 3.14 bits per heavy atom. The molecule has 0 spiro atoms. The summed E-state index contributed by atoms with van der Waals surface area (Å²) < 4.78 is 11.7. The van der Waals surface area contributed by atoms with Crippen LogP contribution in [0.25, 0.3) is 6.08 Å². The van der Waals surface area contributed by atoms with Gasteiger partial charge < -0.3 is 9.47 Å². The standard InChI is InChI=1S/C17H16BrNO2/c1-20-13-6-5-12(7-10-18)15-16(13)21-14-4-2-3-8-17(14,15)9-11-19/h3,5-8,10,14H,2,4,9H2,1H3/b10-7-. The van der Waals surface area contributed by atoms with Gasteiger partial charge >= 0.3 is 0 Å². The van der Waals surface area contributed by atoms with Crippen LogP contribution >= 0.6 is 15.9 Å². The normalized spacial score (nSPS) is 26.0. The number of ether oxygens (including phenoxy) is 2. The smallest absolute Gasteiger partial charge is 0.166 e. The minimum atomic E-state index is -0.362. The Morgan fingerprint density at radius 1 is 1.57 bits per heavy atom. The second-order valence-corrected chi connectivity index (χ2v) is 5.84. The fraction of sp³-hybridized carbons (Fsp3) is 0.353. The number of nitrogens with zero attached hydrogens (tertiary/aromatic N) is 1. The summed E-state index contributed by atoms with van der Waals surface area (Å²) in [4.78, 5) is 1.83. The molecule has 1 heterocycles. The average Bonchev–Trinajstić information content (AvgIpc) is 2.83. The van der Waals surface area contributed by atoms with Crippen molar-refractivity contribution in [3.05, 3.63) is 40.4 Å². The molecule has 108 valence electrons. The van der Waals surface area contributed by atoms with E-state index in [-0.39, 0.29) is 11.5 Å². The maximum absolute atomic E-state index is 9.34. The Morgan fingerprint density at radius 2 is 2.43 bits per heavy atom. The molecule has 21 heavy (non-hydrogen) atoms. The van der Waals surface area contributed by atoms with Gasteiger partial charge in [0.05, 0.1) is 25.0 Å². The Kier molecular flexibility index (Phi) is 3.77. The number of fused-ring (bicyclic) bond motifs is 3. The van der Waals surface area contributed by atoms with Gasteiger partial charge in [0.1, 0.15) is 6.10 Å². The van der Waals surface area contributed by atoms with Crippen molar-refractivity contribution in [3.8, 4) is 17.6 Å². The highest BCUT2D eigenvalue weighted by molar-refractivity contribution is 9.11. The van der Waals surface area contributed by atoms with Crippen LogP contribution in [0.1, 0.15) is 30.4 Å². The van der Waals surface area contributed by atoms with E-state index in [2.05, 4.69) is 34.2 Å². The first-order valence-corrected chi connectivity index (χ1v) is 7.88. The molecule has 1 aliphatic carbocycles. The Balaban J connectivity index is 2.28. The molecule has 0 bridgehead atoms. The van der Waals surface area contributed by atoms with Crippen molar-refractivity contribution in [2.45, 2.75) is 30.8 Å². The van der Waals surface area contributed by atoms with E-state index in [9.17, 15) is 5.26 Å². The highest BCUT2D eigenvalue weighted by atomic mass is 79.9. The number of benzene rings is 1. The molecule has 1 aromatic rings. The average molecular weight is 346 g/mol. The Bertz CT molecular complexity index is 659. The summed E-state index contributed by atoms with van der Waals surface area (Å²) in [5, 5.41) is 9.34. The third-order valence-electron chi connectivity index (χ3n) is 4.30. The van der Waals surface area contributed by atoms with E-state index in [0.717, 1.165) is 35.5 Å². The molecule has 0 amide bonds. The van der Waals surface area contributed by atoms with Crippen LogP contribution in [0, 0.1) is 11.3 Å². The van der Waals surface area contributed by atoms with Crippen LogP contribution in [0.4, 0.5) is 0 Å². The topological polar surface area (TPSA) is 42.2 Å². The molecule has 0 N–H and O–H groups in total. The zero-order valence-corrected chi connectivity index (χ0v) is 13.4. The van der Waals surface area contributed by atoms with Gasteiger partial charge in [-0.1, -0.05) is 34.1 Å². The molecule has 0 aromatic heterocycles. The number of allylic oxidation sites excluding steroid dienone is 1. The molecule has 2 atom stereocenters. The van der Waals surface area contributed by atoms with Crippen molar-refractivity contribution in [3.63, 3.8) is 0 Å². The zero-order valence-electron chi connectivity index (χ0n) is 11.8. The molecule has 0 fully saturated rings. The maximum atomic E-state index is 9.34. The number of hydrogen-bond donors (Lipinski definition) is 0. The lowest BCUT2D eigenvalue weighted by atomic mass is 9.69. The number of halogens is 1. The lowest BCUT2D eigenvalue weighted by Crippen LogP contribution is -2.38. The quantitative estimate of drug-likeness (QED) is 0.766. The van der Waals surface area contributed by atoms with Gasteiger partial charge in [-0.3, -0.25) is 0 Å². The van der Waals surface area contributed by atoms with Crippen LogP contribution in [0.5, 0.6) is 11.5 Å². The summed E-state index contributed by atoms with van der Waals surface area (Å²) in [7, 11) is 1.65. The zero-order chi connectivity index (χ0) is 14.9. The highest BCUT2D eigenvalue weighted by Gasteiger charge is 2.50. The number of rotatable bonds is 3. The Hall–Kier alpha value is -1.73. The maximum Gasteiger partial charge on any atom is 0.166 e. The molecule has 2 aliphatic rings. The van der Waals surface area contributed by atoms with E-state index in [1.807, 2.05) is 23.2 Å². The minimum absolute atomic E-state index is 0.0101. The largest absolute Gasteiger partial charge is 0.493 e. The summed E-state index contributed by atoms with van der Waals surface area (Å²) in [5.74, 6) is 1.52. The molecule has 3 rings (SSSR count). The molecule has 0 saturated heterocycles. The van der Waals surface area contributed by atoms with Crippen LogP contribution in [-0.4, -0.2) is 13.2 Å². The van der Waals surface area contributed by atoms with E-state index in [0.29, 0.717) is 6.42 Å². The molecule has 0 radical (unpaired) electrons. The SMILES string of the molecule is COc1ccc(/C=C\Br)c2c1OC1CCC=CC21CC#N. The van der Waals surface area contributed by atoms with Gasteiger partial charge in [0.2, 0.25) is 0 Å². The molecule has 4 heteroatoms. The third-order valence-corrected chi connectivity index (χ3v) is 4.56. The van der Waals surface area contributed by atoms with Gasteiger partial charge in [-0.2, -0.15) is 5.26 Å². The van der Waals surface area contributed by atoms with Crippen LogP contribution in [0.15, 0.2) is 29.3 Å². The minimum Gasteiger partial charge on any atom is -0.493 e. The van der Waals surface area contributed by atoms with E-state index >= 15 is 0 Å². The summed E-state index contributed by atoms with van der Waals surface area (Å²) in [5.41, 5.74) is 1.77. The number of methoxy groups -OCH3 is 1. The van der Waals surface area contributed by atoms with E-state index in [1.54, 1.807) is 7.11 Å². The first kappa shape index (κ1) is 14.2. The van der Waals surface area contributed by atoms with Crippen LogP contribution in [0.3, 0.4) is 0 Å². The lowest BCUT2D eigenvalue weighted by Gasteiger charge is -2.32. The molecule has 2 unspecified atom stereocenters. The first-order chi connectivity index (χ1) is 10.3. The summed E-state index contributed by atoms with van der Waals surface area (Å²) in [6.07, 6.45) is 8.64. The number of hydrogen-bond acceptors (Lipinski definition) is 3. The van der Waals surface area contributed by atoms with Crippen molar-refractivity contribution in [1.82, 2.24) is 0 Å². The third kappa shape index (κ3) is 2.08. The van der Waals surface area contributed by atoms with Crippen molar-refractivity contribution in [2.75, 3.05) is 7.11 Å². The second kappa shape index (κ2) is 5.57. The van der Waals surface area contributed by atoms with Gasteiger partial charge in [0.15, 0.2) is 11.5 Å². The van der Waals surface area contributed by atoms with Gasteiger partial charge in [-0.05, 0) is 35.5 Å². The van der Waals surface area contributed by atoms with Crippen molar-refractivity contribution in [2.24, 2.45) is 0 Å². The predicted molar refractivity (Wildman–Crippen MR) is 85.7 cm³/mol. The Labute approximate surface area is 133 Å². The summed E-state index contributed by atoms with van der Waals surface area (Å²) in [6, 6.07) is 6.27. The number of nitriles is 1. The molecule has 3 nitrogen and oxygen atoms in total. The molecular weight excluding hydrogens is 330 g/mol. The first-order valence-electron chi connectivity index (χ1n) is 6.96. The highest BCUT2D eigenvalue weighted by Crippen LogP contribution is 2.54. The molecular formula is C17H16BrNO2. The van der Waals surface area contributed by atoms with Crippen LogP contribution in [-0.2, 0) is 5.41 Å². The fourth-order valence-electron chi connectivity index (χ4n) is 3.39. The van der Waals surface area contributed by atoms with Crippen molar-refractivity contribution < 1.29 is 9.47 Å². The monoisotopic (exact) mass is 345 g/mol. The molecule has 1 aromatic carbocycles. The molecule has 1 aliphatic heterocycles. The summed E-state index contributed by atoms with van der Waals surface area (Å²) in [6.45, 7) is 0. The van der Waals surface area contributed by atoms with E-state index in [1.165, 1.54) is 0 Å². The van der Waals surface area contributed by atoms with Crippen molar-refractivity contribution in [1.29, 1.82) is 5.26 Å². The lowest BCUT2D eigenvalue weighted by molar-refractivity contribution is 0.153.